The van der Waals surface area contributed by atoms with Crippen LogP contribution in [0, 0.1) is 0 Å². The Hall–Kier alpha value is -2.38. The van der Waals surface area contributed by atoms with Crippen molar-refractivity contribution in [3.05, 3.63) is 41.1 Å². The molecular weight excluding hydrogens is 382 g/mol. The van der Waals surface area contributed by atoms with Crippen LogP contribution < -0.4 is 4.90 Å². The van der Waals surface area contributed by atoms with Crippen LogP contribution in [0.3, 0.4) is 0 Å². The van der Waals surface area contributed by atoms with Gasteiger partial charge in [0.2, 0.25) is 0 Å². The highest BCUT2D eigenvalue weighted by atomic mass is 32.2. The fourth-order valence-electron chi connectivity index (χ4n) is 4.33. The van der Waals surface area contributed by atoms with Gasteiger partial charge in [-0.05, 0) is 54.5 Å². The summed E-state index contributed by atoms with van der Waals surface area (Å²) in [5.74, 6) is 1.00. The van der Waals surface area contributed by atoms with E-state index in [1.807, 2.05) is 24.0 Å². The van der Waals surface area contributed by atoms with Crippen LogP contribution >= 0.6 is 11.8 Å². The van der Waals surface area contributed by atoms with Gasteiger partial charge in [-0.1, -0.05) is 6.92 Å². The largest absolute Gasteiger partial charge is 0.377 e. The lowest BCUT2D eigenvalue weighted by Gasteiger charge is -2.34. The number of fused-ring (bicyclic) bond motifs is 1. The first-order valence-electron chi connectivity index (χ1n) is 10.1. The monoisotopic (exact) mass is 407 g/mol. The maximum Gasteiger partial charge on any atom is 0.130 e. The van der Waals surface area contributed by atoms with Crippen molar-refractivity contribution >= 4 is 34.1 Å². The van der Waals surface area contributed by atoms with Crippen LogP contribution in [0.4, 0.5) is 5.82 Å². The minimum atomic E-state index is 0.292. The summed E-state index contributed by atoms with van der Waals surface area (Å²) in [5.41, 5.74) is 5.37. The third-order valence-corrected chi connectivity index (χ3v) is 6.92. The van der Waals surface area contributed by atoms with Crippen LogP contribution in [0.2, 0.25) is 0 Å². The van der Waals surface area contributed by atoms with Gasteiger partial charge in [0.25, 0.3) is 0 Å². The second-order valence-corrected chi connectivity index (χ2v) is 9.49. The first kappa shape index (κ1) is 18.6. The number of ether oxygens (including phenoxy) is 1. The highest BCUT2D eigenvalue weighted by molar-refractivity contribution is 8.04. The van der Waals surface area contributed by atoms with Gasteiger partial charge in [-0.2, -0.15) is 5.10 Å². The average molecular weight is 408 g/mol. The Balaban J connectivity index is 1.76. The maximum absolute atomic E-state index is 5.66. The van der Waals surface area contributed by atoms with Crippen LogP contribution in [0.25, 0.3) is 27.9 Å². The predicted molar refractivity (Wildman–Crippen MR) is 119 cm³/mol. The molecule has 2 aliphatic heterocycles. The molecule has 0 bridgehead atoms. The lowest BCUT2D eigenvalue weighted by Crippen LogP contribution is -2.44. The number of H-pyrrole nitrogens is 1. The summed E-state index contributed by atoms with van der Waals surface area (Å²) in [7, 11) is 0. The van der Waals surface area contributed by atoms with Crippen LogP contribution in [-0.2, 0) is 4.74 Å². The number of nitrogens with zero attached hydrogens (tertiary/aromatic N) is 4. The molecule has 7 heteroatoms. The van der Waals surface area contributed by atoms with Crippen molar-refractivity contribution in [2.45, 2.75) is 38.5 Å². The minimum absolute atomic E-state index is 0.292. The third kappa shape index (κ3) is 3.32. The Morgan fingerprint density at radius 3 is 2.86 bits per heavy atom. The molecule has 2 atom stereocenters. The van der Waals surface area contributed by atoms with Gasteiger partial charge in [-0.3, -0.25) is 10.1 Å². The van der Waals surface area contributed by atoms with E-state index in [4.69, 9.17) is 9.72 Å². The number of thioether (sulfide) groups is 1. The summed E-state index contributed by atoms with van der Waals surface area (Å²) >= 11 is 1.97. The molecule has 6 nitrogen and oxygen atoms in total. The molecule has 29 heavy (non-hydrogen) atoms. The quantitative estimate of drug-likeness (QED) is 0.689. The molecule has 0 aromatic carbocycles. The number of morpholine rings is 1. The van der Waals surface area contributed by atoms with E-state index < -0.39 is 0 Å². The van der Waals surface area contributed by atoms with Gasteiger partial charge >= 0.3 is 0 Å². The predicted octanol–water partition coefficient (Wildman–Crippen LogP) is 4.50. The summed E-state index contributed by atoms with van der Waals surface area (Å²) in [5, 5.41) is 8.93. The van der Waals surface area contributed by atoms with Crippen LogP contribution in [0.1, 0.15) is 32.8 Å². The van der Waals surface area contributed by atoms with Gasteiger partial charge in [-0.15, -0.1) is 11.8 Å². The minimum Gasteiger partial charge on any atom is -0.377 e. The van der Waals surface area contributed by atoms with Gasteiger partial charge in [-0.25, -0.2) is 4.98 Å². The summed E-state index contributed by atoms with van der Waals surface area (Å²) in [6.45, 7) is 9.04. The Bertz CT molecular complexity index is 1080. The number of aromatic nitrogens is 4. The van der Waals surface area contributed by atoms with Gasteiger partial charge in [0.15, 0.2) is 0 Å². The molecule has 0 radical (unpaired) electrons. The number of nitrogens with one attached hydrogen (secondary N) is 1. The van der Waals surface area contributed by atoms with E-state index in [1.165, 1.54) is 16.0 Å². The second kappa shape index (κ2) is 7.46. The smallest absolute Gasteiger partial charge is 0.130 e. The fraction of sp³-hybridized carbons (Fsp3) is 0.409. The Kier molecular flexibility index (Phi) is 4.80. The van der Waals surface area contributed by atoms with Crippen LogP contribution in [-0.4, -0.2) is 51.2 Å². The van der Waals surface area contributed by atoms with Crippen molar-refractivity contribution < 1.29 is 4.74 Å². The average Bonchev–Trinajstić information content (AvgIpc) is 3.36. The van der Waals surface area contributed by atoms with E-state index >= 15 is 0 Å². The molecule has 1 unspecified atom stereocenters. The molecule has 2 aliphatic rings. The number of hydrogen-bond donors (Lipinski definition) is 1. The van der Waals surface area contributed by atoms with Crippen molar-refractivity contribution in [3.63, 3.8) is 0 Å². The molecule has 1 saturated heterocycles. The standard InChI is InChI=1S/C22H25N5OS/c1-13-12-28-9-8-27(13)20-11-18(17-10-14(2)29-15(17)3)16-4-6-23-22(21(16)25-20)19-5-7-24-26-19/h4-7,11,13-14H,8-10,12H2,1-3H3,(H,24,26)/t13-,14?/m1/s1. The van der Waals surface area contributed by atoms with E-state index in [1.54, 1.807) is 6.20 Å². The Morgan fingerprint density at radius 1 is 1.24 bits per heavy atom. The number of anilines is 1. The molecule has 1 N–H and O–H groups in total. The molecule has 5 heterocycles. The van der Waals surface area contributed by atoms with Crippen molar-refractivity contribution in [2.24, 2.45) is 0 Å². The maximum atomic E-state index is 5.66. The number of aromatic amines is 1. The second-order valence-electron chi connectivity index (χ2n) is 7.84. The number of allylic oxidation sites excluding steroid dienone is 2. The van der Waals surface area contributed by atoms with Gasteiger partial charge in [0.05, 0.1) is 24.9 Å². The van der Waals surface area contributed by atoms with Crippen molar-refractivity contribution in [2.75, 3.05) is 24.7 Å². The van der Waals surface area contributed by atoms with E-state index in [0.717, 1.165) is 54.3 Å². The Morgan fingerprint density at radius 2 is 2.14 bits per heavy atom. The van der Waals surface area contributed by atoms with Gasteiger partial charge in [0, 0.05) is 29.6 Å². The topological polar surface area (TPSA) is 66.9 Å². The molecule has 150 valence electrons. The van der Waals surface area contributed by atoms with E-state index in [9.17, 15) is 0 Å². The fourth-order valence-corrected chi connectivity index (χ4v) is 5.52. The SMILES string of the molecule is CC1=C(c2cc(N3CCOC[C@H]3C)nc3c(-c4ccn[nH]4)nccc23)CC(C)S1. The molecule has 1 fully saturated rings. The van der Waals surface area contributed by atoms with Gasteiger partial charge < -0.3 is 9.64 Å². The van der Waals surface area contributed by atoms with Gasteiger partial charge in [0.1, 0.15) is 17.0 Å². The zero-order valence-electron chi connectivity index (χ0n) is 17.0. The highest BCUT2D eigenvalue weighted by Gasteiger charge is 2.26. The zero-order valence-corrected chi connectivity index (χ0v) is 17.8. The third-order valence-electron chi connectivity index (χ3n) is 5.75. The number of pyridine rings is 2. The van der Waals surface area contributed by atoms with E-state index in [-0.39, 0.29) is 0 Å². The first-order valence-corrected chi connectivity index (χ1v) is 11.0. The lowest BCUT2D eigenvalue weighted by molar-refractivity contribution is 0.0985. The molecule has 3 aromatic rings. The van der Waals surface area contributed by atoms with E-state index in [2.05, 4.69) is 53.0 Å². The van der Waals surface area contributed by atoms with Crippen molar-refractivity contribution in [1.29, 1.82) is 0 Å². The van der Waals surface area contributed by atoms with Crippen molar-refractivity contribution in [3.8, 4) is 11.4 Å². The Labute approximate surface area is 174 Å². The summed E-state index contributed by atoms with van der Waals surface area (Å²) in [6.07, 6.45) is 4.71. The molecule has 5 rings (SSSR count). The summed E-state index contributed by atoms with van der Waals surface area (Å²) in [4.78, 5) is 13.5. The van der Waals surface area contributed by atoms with Crippen molar-refractivity contribution in [1.82, 2.24) is 20.2 Å². The molecule has 0 saturated carbocycles. The van der Waals surface area contributed by atoms with E-state index in [0.29, 0.717) is 11.3 Å². The normalized spacial score (nSPS) is 22.7. The molecule has 0 aliphatic carbocycles. The highest BCUT2D eigenvalue weighted by Crippen LogP contribution is 2.45. The molecule has 0 amide bonds. The number of hydrogen-bond acceptors (Lipinski definition) is 6. The van der Waals surface area contributed by atoms with Crippen LogP contribution in [0.15, 0.2) is 35.5 Å². The zero-order chi connectivity index (χ0) is 20.0. The lowest BCUT2D eigenvalue weighted by atomic mass is 9.96. The molecular formula is C22H25N5OS. The first-order chi connectivity index (χ1) is 14.1. The summed E-state index contributed by atoms with van der Waals surface area (Å²) in [6, 6.07) is 6.61. The van der Waals surface area contributed by atoms with Crippen LogP contribution in [0.5, 0.6) is 0 Å². The summed E-state index contributed by atoms with van der Waals surface area (Å²) < 4.78 is 5.66. The molecule has 0 spiro atoms. The molecule has 3 aromatic heterocycles. The number of rotatable bonds is 3.